The third-order valence-corrected chi connectivity index (χ3v) is 6.19. The van der Waals surface area contributed by atoms with E-state index in [4.69, 9.17) is 9.47 Å². The van der Waals surface area contributed by atoms with Crippen LogP contribution in [0.15, 0.2) is 24.0 Å². The van der Waals surface area contributed by atoms with Crippen LogP contribution in [0.5, 0.6) is 11.5 Å². The molecule has 128 valence electrons. The van der Waals surface area contributed by atoms with Crippen molar-refractivity contribution in [1.82, 2.24) is 4.90 Å². The van der Waals surface area contributed by atoms with Crippen LogP contribution in [0.3, 0.4) is 0 Å². The van der Waals surface area contributed by atoms with Crippen LogP contribution >= 0.6 is 0 Å². The molecule has 5 heteroatoms. The number of ether oxygens (including phenoxy) is 2. The zero-order valence-electron chi connectivity index (χ0n) is 14.3. The van der Waals surface area contributed by atoms with Crippen LogP contribution in [-0.2, 0) is 21.4 Å². The smallest absolute Gasteiger partial charge is 0.197 e. The van der Waals surface area contributed by atoms with Crippen molar-refractivity contribution in [3.8, 4) is 11.5 Å². The van der Waals surface area contributed by atoms with E-state index in [9.17, 15) is 9.90 Å². The first kappa shape index (κ1) is 15.5. The maximum atomic E-state index is 12.4. The van der Waals surface area contributed by atoms with E-state index in [0.717, 1.165) is 24.9 Å². The number of ketones is 1. The predicted molar refractivity (Wildman–Crippen MR) is 89.3 cm³/mol. The first-order valence-electron chi connectivity index (χ1n) is 8.41. The van der Waals surface area contributed by atoms with E-state index in [1.54, 1.807) is 14.2 Å². The van der Waals surface area contributed by atoms with Gasteiger partial charge >= 0.3 is 0 Å². The van der Waals surface area contributed by atoms with Gasteiger partial charge in [-0.3, -0.25) is 4.79 Å². The Labute approximate surface area is 141 Å². The summed E-state index contributed by atoms with van der Waals surface area (Å²) < 4.78 is 10.7. The van der Waals surface area contributed by atoms with Gasteiger partial charge in [-0.1, -0.05) is 0 Å². The highest BCUT2D eigenvalue weighted by Crippen LogP contribution is 2.55. The minimum atomic E-state index is -0.217. The zero-order chi connectivity index (χ0) is 17.1. The van der Waals surface area contributed by atoms with Gasteiger partial charge in [0.2, 0.25) is 0 Å². The molecule has 1 saturated heterocycles. The minimum absolute atomic E-state index is 0.0904. The molecule has 2 aliphatic carbocycles. The molecular weight excluding hydrogens is 306 g/mol. The minimum Gasteiger partial charge on any atom is -0.504 e. The van der Waals surface area contributed by atoms with Crippen LogP contribution in [0, 0.1) is 5.92 Å². The molecule has 0 amide bonds. The molecule has 3 atom stereocenters. The Bertz CT molecular complexity index is 741. The molecule has 2 bridgehead atoms. The van der Waals surface area contributed by atoms with Crippen molar-refractivity contribution in [3.63, 3.8) is 0 Å². The molecule has 1 fully saturated rings. The van der Waals surface area contributed by atoms with Gasteiger partial charge in [-0.05, 0) is 61.7 Å². The fraction of sp³-hybridized carbons (Fsp3) is 0.526. The summed E-state index contributed by atoms with van der Waals surface area (Å²) >= 11 is 0. The molecule has 0 unspecified atom stereocenters. The van der Waals surface area contributed by atoms with Crippen LogP contribution in [0.2, 0.25) is 0 Å². The number of hydrogen-bond donors (Lipinski definition) is 1. The second kappa shape index (κ2) is 5.24. The molecule has 0 radical (unpaired) electrons. The van der Waals surface area contributed by atoms with E-state index in [1.807, 2.05) is 18.2 Å². The number of piperidine rings is 1. The Morgan fingerprint density at radius 1 is 1.25 bits per heavy atom. The summed E-state index contributed by atoms with van der Waals surface area (Å²) in [5, 5.41) is 10.2. The normalized spacial score (nSPS) is 31.8. The number of likely N-dealkylation sites (tertiary alicyclic amines) is 1. The molecule has 1 aromatic carbocycles. The first-order chi connectivity index (χ1) is 11.5. The van der Waals surface area contributed by atoms with Gasteiger partial charge in [0.05, 0.1) is 14.2 Å². The van der Waals surface area contributed by atoms with Gasteiger partial charge in [0.1, 0.15) is 0 Å². The van der Waals surface area contributed by atoms with Crippen LogP contribution in [-0.4, -0.2) is 49.6 Å². The van der Waals surface area contributed by atoms with Crippen molar-refractivity contribution < 1.29 is 19.4 Å². The number of carbonyl (C=O) groups excluding carboxylic acids is 1. The number of likely N-dealkylation sites (N-methyl/N-ethyl adjacent to an activating group) is 1. The number of phenols is 1. The number of allylic oxidation sites excluding steroid dienone is 2. The standard InChI is InChI=1S/C19H23NO4/c1-20-5-4-19-10-18(24-3)16(22)8-13(19)14(20)6-11-7-15(21)17(23-2)9-12(11)19/h7,9-10,13-14,21H,4-6,8H2,1-3H3/t13-,14-,19-/m0/s1. The van der Waals surface area contributed by atoms with E-state index in [0.29, 0.717) is 24.0 Å². The van der Waals surface area contributed by atoms with Crippen molar-refractivity contribution in [1.29, 1.82) is 0 Å². The molecule has 0 saturated carbocycles. The summed E-state index contributed by atoms with van der Waals surface area (Å²) in [5.41, 5.74) is 2.10. The number of fused-ring (bicyclic) bond motifs is 1. The molecule has 1 aromatic rings. The van der Waals surface area contributed by atoms with Crippen LogP contribution < -0.4 is 4.74 Å². The van der Waals surface area contributed by atoms with Gasteiger partial charge < -0.3 is 19.5 Å². The Morgan fingerprint density at radius 2 is 2.04 bits per heavy atom. The number of hydrogen-bond acceptors (Lipinski definition) is 5. The molecule has 3 aliphatic rings. The second-order valence-electron chi connectivity index (χ2n) is 7.17. The Kier molecular flexibility index (Phi) is 3.39. The van der Waals surface area contributed by atoms with Crippen LogP contribution in [0.4, 0.5) is 0 Å². The van der Waals surface area contributed by atoms with Crippen LogP contribution in [0.25, 0.3) is 0 Å². The molecule has 0 spiro atoms. The quantitative estimate of drug-likeness (QED) is 0.899. The summed E-state index contributed by atoms with van der Waals surface area (Å²) in [6.45, 7) is 0.978. The molecule has 1 aliphatic heterocycles. The third-order valence-electron chi connectivity index (χ3n) is 6.19. The largest absolute Gasteiger partial charge is 0.504 e. The topological polar surface area (TPSA) is 59.0 Å². The number of rotatable bonds is 2. The van der Waals surface area contributed by atoms with E-state index in [2.05, 4.69) is 11.9 Å². The molecule has 4 rings (SSSR count). The SMILES string of the molecule is COC1=C[C@@]23CCN(C)[C@@H](Cc4cc(O)c(OC)cc42)[C@@H]3CC1=O. The predicted octanol–water partition coefficient (Wildman–Crippen LogP) is 2.02. The highest BCUT2D eigenvalue weighted by Gasteiger charge is 2.55. The summed E-state index contributed by atoms with van der Waals surface area (Å²) in [4.78, 5) is 14.8. The van der Waals surface area contributed by atoms with Crippen molar-refractivity contribution in [2.75, 3.05) is 27.8 Å². The number of benzene rings is 1. The van der Waals surface area contributed by atoms with E-state index < -0.39 is 0 Å². The van der Waals surface area contributed by atoms with Crippen molar-refractivity contribution in [3.05, 3.63) is 35.1 Å². The number of methoxy groups -OCH3 is 2. The molecule has 1 heterocycles. The number of nitrogens with zero attached hydrogens (tertiary/aromatic N) is 1. The maximum absolute atomic E-state index is 12.4. The fourth-order valence-electron chi connectivity index (χ4n) is 4.96. The molecule has 24 heavy (non-hydrogen) atoms. The van der Waals surface area contributed by atoms with Crippen molar-refractivity contribution in [2.45, 2.75) is 30.7 Å². The number of aromatic hydroxyl groups is 1. The lowest BCUT2D eigenvalue weighted by atomic mass is 9.54. The van der Waals surface area contributed by atoms with E-state index >= 15 is 0 Å². The second-order valence-corrected chi connectivity index (χ2v) is 7.17. The van der Waals surface area contributed by atoms with Crippen molar-refractivity contribution >= 4 is 5.78 Å². The maximum Gasteiger partial charge on any atom is 0.197 e. The molecule has 0 aromatic heterocycles. The lowest BCUT2D eigenvalue weighted by molar-refractivity contribution is -0.122. The van der Waals surface area contributed by atoms with Crippen molar-refractivity contribution in [2.24, 2.45) is 5.92 Å². The third kappa shape index (κ3) is 1.94. The lowest BCUT2D eigenvalue weighted by Gasteiger charge is -2.56. The average Bonchev–Trinajstić information content (AvgIpc) is 2.57. The van der Waals surface area contributed by atoms with Gasteiger partial charge in [-0.2, -0.15) is 0 Å². The van der Waals surface area contributed by atoms with E-state index in [1.165, 1.54) is 5.56 Å². The van der Waals surface area contributed by atoms with E-state index in [-0.39, 0.29) is 22.9 Å². The number of carbonyl (C=O) groups is 1. The average molecular weight is 329 g/mol. The zero-order valence-corrected chi connectivity index (χ0v) is 14.3. The summed E-state index contributed by atoms with van der Waals surface area (Å²) in [6.07, 6.45) is 4.33. The first-order valence-corrected chi connectivity index (χ1v) is 8.41. The summed E-state index contributed by atoms with van der Waals surface area (Å²) in [7, 11) is 5.26. The fourth-order valence-corrected chi connectivity index (χ4v) is 4.96. The molecular formula is C19H23NO4. The Balaban J connectivity index is 1.97. The highest BCUT2D eigenvalue weighted by atomic mass is 16.5. The molecule has 5 nitrogen and oxygen atoms in total. The lowest BCUT2D eigenvalue weighted by Crippen LogP contribution is -2.60. The Hall–Kier alpha value is -2.01. The van der Waals surface area contributed by atoms with Crippen LogP contribution in [0.1, 0.15) is 24.0 Å². The van der Waals surface area contributed by atoms with Gasteiger partial charge in [-0.15, -0.1) is 0 Å². The Morgan fingerprint density at radius 3 is 2.75 bits per heavy atom. The van der Waals surface area contributed by atoms with Gasteiger partial charge in [0, 0.05) is 17.9 Å². The number of Topliss-reactive ketones (excluding diaryl/α,β-unsaturated/α-hetero) is 1. The van der Waals surface area contributed by atoms with Gasteiger partial charge in [-0.25, -0.2) is 0 Å². The summed E-state index contributed by atoms with van der Waals surface area (Å²) in [6, 6.07) is 4.09. The highest BCUT2D eigenvalue weighted by molar-refractivity contribution is 5.95. The summed E-state index contributed by atoms with van der Waals surface area (Å²) in [5.74, 6) is 1.46. The van der Waals surface area contributed by atoms with Gasteiger partial charge in [0.15, 0.2) is 23.0 Å². The monoisotopic (exact) mass is 329 g/mol. The number of phenolic OH excluding ortho intramolecular Hbond substituents is 1. The van der Waals surface area contributed by atoms with Gasteiger partial charge in [0.25, 0.3) is 0 Å². The molecule has 1 N–H and O–H groups in total.